The molecule has 2 rings (SSSR count). The second-order valence-corrected chi connectivity index (χ2v) is 4.19. The van der Waals surface area contributed by atoms with Crippen LogP contribution in [0.1, 0.15) is 23.9 Å². The van der Waals surface area contributed by atoms with E-state index in [1.165, 1.54) is 16.9 Å². The number of imidazole rings is 1. The smallest absolute Gasteiger partial charge is 0.0997 e. The van der Waals surface area contributed by atoms with Crippen LogP contribution >= 0.6 is 0 Å². The molecule has 3 nitrogen and oxygen atoms in total. The van der Waals surface area contributed by atoms with Crippen molar-refractivity contribution in [3.63, 3.8) is 0 Å². The van der Waals surface area contributed by atoms with E-state index in [0.717, 1.165) is 18.8 Å². The van der Waals surface area contributed by atoms with Gasteiger partial charge in [-0.05, 0) is 32.0 Å². The Bertz CT molecular complexity index is 500. The lowest BCUT2D eigenvalue weighted by molar-refractivity contribution is 0.721. The minimum absolute atomic E-state index is 0.892. The van der Waals surface area contributed by atoms with Crippen LogP contribution < -0.4 is 5.32 Å². The number of hydrogen-bond acceptors (Lipinski definition) is 2. The van der Waals surface area contributed by atoms with E-state index >= 15 is 0 Å². The van der Waals surface area contributed by atoms with Gasteiger partial charge in [-0.25, -0.2) is 4.98 Å². The number of nitrogens with one attached hydrogen (secondary N) is 1. The molecule has 0 aliphatic carbocycles. The number of nitrogens with zero attached hydrogens (tertiary/aromatic N) is 2. The molecule has 3 heteroatoms. The Labute approximate surface area is 103 Å². The van der Waals surface area contributed by atoms with Gasteiger partial charge < -0.3 is 9.88 Å². The number of rotatable bonds is 4. The molecule has 0 bridgehead atoms. The van der Waals surface area contributed by atoms with Gasteiger partial charge >= 0.3 is 0 Å². The monoisotopic (exact) mass is 229 g/mol. The van der Waals surface area contributed by atoms with Gasteiger partial charge in [0.25, 0.3) is 0 Å². The number of hydrogen-bond donors (Lipinski definition) is 1. The molecule has 0 saturated heterocycles. The molecular formula is C14H19N3. The Kier molecular flexibility index (Phi) is 3.59. The molecule has 90 valence electrons. The third kappa shape index (κ3) is 2.39. The summed E-state index contributed by atoms with van der Waals surface area (Å²) >= 11 is 0. The number of aryl methyl sites for hydroxylation is 1. The van der Waals surface area contributed by atoms with Crippen LogP contribution in [-0.2, 0) is 6.54 Å². The van der Waals surface area contributed by atoms with Crippen molar-refractivity contribution in [1.29, 1.82) is 0 Å². The molecule has 0 aliphatic heterocycles. The molecule has 0 amide bonds. The lowest BCUT2D eigenvalue weighted by Crippen LogP contribution is -2.14. The fraction of sp³-hybridized carbons (Fsp3) is 0.357. The van der Waals surface area contributed by atoms with E-state index in [1.54, 1.807) is 0 Å². The summed E-state index contributed by atoms with van der Waals surface area (Å²) in [6, 6.07) is 8.45. The van der Waals surface area contributed by atoms with Crippen molar-refractivity contribution in [2.24, 2.45) is 0 Å². The van der Waals surface area contributed by atoms with Crippen molar-refractivity contribution in [1.82, 2.24) is 14.9 Å². The van der Waals surface area contributed by atoms with Crippen LogP contribution in [-0.4, -0.2) is 16.1 Å². The second kappa shape index (κ2) is 5.15. The maximum Gasteiger partial charge on any atom is 0.0997 e. The Morgan fingerprint density at radius 2 is 2.00 bits per heavy atom. The summed E-state index contributed by atoms with van der Waals surface area (Å²) < 4.78 is 2.15. The molecule has 0 radical (unpaired) electrons. The van der Waals surface area contributed by atoms with Crippen LogP contribution in [0.4, 0.5) is 0 Å². The van der Waals surface area contributed by atoms with Crippen LogP contribution in [0.15, 0.2) is 30.6 Å². The highest BCUT2D eigenvalue weighted by molar-refractivity contribution is 5.42. The average molecular weight is 229 g/mol. The van der Waals surface area contributed by atoms with Crippen molar-refractivity contribution in [3.8, 4) is 5.69 Å². The summed E-state index contributed by atoms with van der Waals surface area (Å²) in [7, 11) is 0. The van der Waals surface area contributed by atoms with Crippen LogP contribution in [0.3, 0.4) is 0 Å². The maximum absolute atomic E-state index is 4.36. The predicted molar refractivity (Wildman–Crippen MR) is 70.4 cm³/mol. The van der Waals surface area contributed by atoms with Gasteiger partial charge in [0.05, 0.1) is 17.7 Å². The quantitative estimate of drug-likeness (QED) is 0.873. The largest absolute Gasteiger partial charge is 0.313 e. The first-order valence-electron chi connectivity index (χ1n) is 6.03. The van der Waals surface area contributed by atoms with Crippen molar-refractivity contribution >= 4 is 0 Å². The molecule has 0 saturated carbocycles. The van der Waals surface area contributed by atoms with Gasteiger partial charge in [-0.3, -0.25) is 0 Å². The fourth-order valence-corrected chi connectivity index (χ4v) is 1.90. The Morgan fingerprint density at radius 3 is 2.65 bits per heavy atom. The van der Waals surface area contributed by atoms with E-state index in [2.05, 4.69) is 53.0 Å². The zero-order chi connectivity index (χ0) is 12.3. The molecule has 0 atom stereocenters. The Hall–Kier alpha value is -1.61. The molecule has 1 aromatic heterocycles. The van der Waals surface area contributed by atoms with E-state index in [-0.39, 0.29) is 0 Å². The Morgan fingerprint density at radius 1 is 1.24 bits per heavy atom. The topological polar surface area (TPSA) is 29.9 Å². The van der Waals surface area contributed by atoms with Crippen molar-refractivity contribution in [2.45, 2.75) is 27.3 Å². The molecule has 0 spiro atoms. The van der Waals surface area contributed by atoms with Crippen LogP contribution in [0, 0.1) is 13.8 Å². The zero-order valence-corrected chi connectivity index (χ0v) is 10.7. The van der Waals surface area contributed by atoms with E-state index in [0.29, 0.717) is 0 Å². The normalized spacial score (nSPS) is 10.8. The van der Waals surface area contributed by atoms with Crippen molar-refractivity contribution in [3.05, 3.63) is 47.5 Å². The van der Waals surface area contributed by atoms with Crippen LogP contribution in [0.5, 0.6) is 0 Å². The number of para-hydroxylation sites is 1. The van der Waals surface area contributed by atoms with Gasteiger partial charge in [0.1, 0.15) is 0 Å². The van der Waals surface area contributed by atoms with Crippen molar-refractivity contribution in [2.75, 3.05) is 6.54 Å². The molecular weight excluding hydrogens is 210 g/mol. The summed E-state index contributed by atoms with van der Waals surface area (Å²) in [6.07, 6.45) is 1.90. The SMILES string of the molecule is CCNCc1ccccc1-n1cnc(C)c1C. The molecule has 0 unspecified atom stereocenters. The minimum Gasteiger partial charge on any atom is -0.313 e. The Balaban J connectivity index is 2.41. The highest BCUT2D eigenvalue weighted by Gasteiger charge is 2.07. The molecule has 1 heterocycles. The maximum atomic E-state index is 4.36. The molecule has 0 fully saturated rings. The molecule has 1 aromatic carbocycles. The predicted octanol–water partition coefficient (Wildman–Crippen LogP) is 2.60. The number of benzene rings is 1. The summed E-state index contributed by atoms with van der Waals surface area (Å²) in [5, 5.41) is 3.37. The summed E-state index contributed by atoms with van der Waals surface area (Å²) in [5.41, 5.74) is 4.80. The van der Waals surface area contributed by atoms with E-state index in [1.807, 2.05) is 13.3 Å². The molecule has 0 aliphatic rings. The third-order valence-electron chi connectivity index (χ3n) is 3.07. The van der Waals surface area contributed by atoms with Gasteiger partial charge in [-0.1, -0.05) is 25.1 Å². The van der Waals surface area contributed by atoms with E-state index in [4.69, 9.17) is 0 Å². The summed E-state index contributed by atoms with van der Waals surface area (Å²) in [5.74, 6) is 0. The first-order chi connectivity index (χ1) is 8.24. The summed E-state index contributed by atoms with van der Waals surface area (Å²) in [4.78, 5) is 4.36. The lowest BCUT2D eigenvalue weighted by Gasteiger charge is -2.12. The van der Waals surface area contributed by atoms with E-state index in [9.17, 15) is 0 Å². The first kappa shape index (κ1) is 11.9. The molecule has 1 N–H and O–H groups in total. The highest BCUT2D eigenvalue weighted by atomic mass is 15.1. The van der Waals surface area contributed by atoms with Gasteiger partial charge in [-0.15, -0.1) is 0 Å². The molecule has 17 heavy (non-hydrogen) atoms. The highest BCUT2D eigenvalue weighted by Crippen LogP contribution is 2.17. The van der Waals surface area contributed by atoms with Gasteiger partial charge in [-0.2, -0.15) is 0 Å². The average Bonchev–Trinajstić information content (AvgIpc) is 2.68. The van der Waals surface area contributed by atoms with Crippen LogP contribution in [0.2, 0.25) is 0 Å². The lowest BCUT2D eigenvalue weighted by atomic mass is 10.1. The minimum atomic E-state index is 0.892. The second-order valence-electron chi connectivity index (χ2n) is 4.19. The van der Waals surface area contributed by atoms with Crippen LogP contribution in [0.25, 0.3) is 5.69 Å². The standard InChI is InChI=1S/C14H19N3/c1-4-15-9-13-7-5-6-8-14(13)17-10-16-11(2)12(17)3/h5-8,10,15H,4,9H2,1-3H3. The van der Waals surface area contributed by atoms with Crippen molar-refractivity contribution < 1.29 is 0 Å². The number of aromatic nitrogens is 2. The zero-order valence-electron chi connectivity index (χ0n) is 10.7. The third-order valence-corrected chi connectivity index (χ3v) is 3.07. The van der Waals surface area contributed by atoms with Gasteiger partial charge in [0, 0.05) is 12.2 Å². The van der Waals surface area contributed by atoms with Gasteiger partial charge in [0.15, 0.2) is 0 Å². The van der Waals surface area contributed by atoms with Gasteiger partial charge in [0.2, 0.25) is 0 Å². The summed E-state index contributed by atoms with van der Waals surface area (Å²) in [6.45, 7) is 8.14. The molecule has 2 aromatic rings. The fourth-order valence-electron chi connectivity index (χ4n) is 1.90. The van der Waals surface area contributed by atoms with E-state index < -0.39 is 0 Å². The first-order valence-corrected chi connectivity index (χ1v) is 6.03.